The van der Waals surface area contributed by atoms with Crippen molar-refractivity contribution in [3.05, 3.63) is 87.1 Å². The molecule has 0 bridgehead atoms. The molecule has 3 rings (SSSR count). The van der Waals surface area contributed by atoms with Gasteiger partial charge in [0.15, 0.2) is 9.84 Å². The molecule has 0 aliphatic carbocycles. The molecule has 31 heavy (non-hydrogen) atoms. The van der Waals surface area contributed by atoms with Crippen molar-refractivity contribution in [2.75, 3.05) is 6.54 Å². The van der Waals surface area contributed by atoms with Gasteiger partial charge in [-0.15, -0.1) is 11.3 Å². The van der Waals surface area contributed by atoms with Crippen LogP contribution in [0.1, 0.15) is 21.3 Å². The summed E-state index contributed by atoms with van der Waals surface area (Å²) < 4.78 is 26.4. The van der Waals surface area contributed by atoms with E-state index in [1.54, 1.807) is 66.0 Å². The Labute approximate surface area is 190 Å². The van der Waals surface area contributed by atoms with Crippen LogP contribution in [0.2, 0.25) is 5.02 Å². The van der Waals surface area contributed by atoms with Crippen molar-refractivity contribution < 1.29 is 18.0 Å². The average molecular weight is 477 g/mol. The van der Waals surface area contributed by atoms with Crippen LogP contribution < -0.4 is 10.6 Å². The summed E-state index contributed by atoms with van der Waals surface area (Å²) in [5.74, 6) is -1.77. The summed E-state index contributed by atoms with van der Waals surface area (Å²) in [5.41, 5.74) is 1.61. The number of benzene rings is 2. The lowest BCUT2D eigenvalue weighted by Crippen LogP contribution is -2.42. The van der Waals surface area contributed by atoms with Crippen molar-refractivity contribution in [1.29, 1.82) is 0 Å². The number of amides is 2. The molecule has 1 aromatic heterocycles. The van der Waals surface area contributed by atoms with Crippen LogP contribution in [0.4, 0.5) is 0 Å². The molecule has 0 spiro atoms. The van der Waals surface area contributed by atoms with Crippen LogP contribution in [0.25, 0.3) is 0 Å². The topological polar surface area (TPSA) is 92.3 Å². The summed E-state index contributed by atoms with van der Waals surface area (Å²) in [5, 5.41) is 6.19. The smallest absolute Gasteiger partial charge is 0.309 e. The second kappa shape index (κ2) is 10.1. The molecule has 3 aromatic rings. The minimum Gasteiger partial charge on any atom is -0.346 e. The first-order chi connectivity index (χ1) is 14.8. The van der Waals surface area contributed by atoms with Crippen molar-refractivity contribution in [1.82, 2.24) is 10.6 Å². The summed E-state index contributed by atoms with van der Waals surface area (Å²) in [4.78, 5) is 25.2. The highest BCUT2D eigenvalue weighted by atomic mass is 35.5. The fraction of sp³-hybridized carbons (Fsp3) is 0.182. The molecule has 0 aliphatic rings. The summed E-state index contributed by atoms with van der Waals surface area (Å²) in [6.45, 7) is 1.73. The van der Waals surface area contributed by atoms with Gasteiger partial charge in [-0.1, -0.05) is 53.6 Å². The van der Waals surface area contributed by atoms with E-state index in [1.165, 1.54) is 11.3 Å². The molecule has 1 unspecified atom stereocenters. The number of hydrogen-bond donors (Lipinski definition) is 2. The van der Waals surface area contributed by atoms with Gasteiger partial charge in [-0.3, -0.25) is 9.59 Å². The standard InChI is InChI=1S/C22H21ClN2O4S2/c1-15-8-10-17(11-9-15)31(28,29)20(19-7-4-12-30-19)14-25-22(27)21(26)24-13-16-5-2-3-6-18(16)23/h2-12,20H,13-14H2,1H3,(H,24,26)(H,25,27). The third-order valence-electron chi connectivity index (χ3n) is 4.64. The molecule has 0 aliphatic heterocycles. The highest BCUT2D eigenvalue weighted by Crippen LogP contribution is 2.31. The largest absolute Gasteiger partial charge is 0.346 e. The van der Waals surface area contributed by atoms with E-state index < -0.39 is 26.9 Å². The fourth-order valence-electron chi connectivity index (χ4n) is 2.89. The highest BCUT2D eigenvalue weighted by molar-refractivity contribution is 7.91. The average Bonchev–Trinajstić information content (AvgIpc) is 3.27. The van der Waals surface area contributed by atoms with E-state index in [-0.39, 0.29) is 18.0 Å². The van der Waals surface area contributed by atoms with Gasteiger partial charge in [-0.2, -0.15) is 0 Å². The Morgan fingerprint density at radius 1 is 0.968 bits per heavy atom. The third kappa shape index (κ3) is 5.72. The summed E-state index contributed by atoms with van der Waals surface area (Å²) in [6, 6.07) is 16.9. The van der Waals surface area contributed by atoms with E-state index in [4.69, 9.17) is 11.6 Å². The van der Waals surface area contributed by atoms with Gasteiger partial charge in [-0.25, -0.2) is 8.42 Å². The number of nitrogens with one attached hydrogen (secondary N) is 2. The monoisotopic (exact) mass is 476 g/mol. The van der Waals surface area contributed by atoms with Gasteiger partial charge < -0.3 is 10.6 Å². The van der Waals surface area contributed by atoms with E-state index in [0.717, 1.165) is 5.56 Å². The fourth-order valence-corrected chi connectivity index (χ4v) is 5.88. The van der Waals surface area contributed by atoms with Crippen LogP contribution in [0.5, 0.6) is 0 Å². The van der Waals surface area contributed by atoms with Gasteiger partial charge in [0.2, 0.25) is 0 Å². The number of hydrogen-bond acceptors (Lipinski definition) is 5. The maximum Gasteiger partial charge on any atom is 0.309 e. The minimum atomic E-state index is -3.78. The SMILES string of the molecule is Cc1ccc(S(=O)(=O)C(CNC(=O)C(=O)NCc2ccccc2Cl)c2cccs2)cc1. The van der Waals surface area contributed by atoms with E-state index in [9.17, 15) is 18.0 Å². The molecule has 0 saturated heterocycles. The maximum atomic E-state index is 13.2. The maximum absolute atomic E-state index is 13.2. The second-order valence-electron chi connectivity index (χ2n) is 6.85. The first-order valence-electron chi connectivity index (χ1n) is 9.42. The predicted octanol–water partition coefficient (Wildman–Crippen LogP) is 3.66. The lowest BCUT2D eigenvalue weighted by Gasteiger charge is -2.17. The number of thiophene rings is 1. The number of carbonyl (C=O) groups is 2. The zero-order chi connectivity index (χ0) is 22.4. The first-order valence-corrected chi connectivity index (χ1v) is 12.2. The van der Waals surface area contributed by atoms with Gasteiger partial charge >= 0.3 is 11.8 Å². The number of carbonyl (C=O) groups excluding carboxylic acids is 2. The molecule has 9 heteroatoms. The number of sulfone groups is 1. The van der Waals surface area contributed by atoms with Gasteiger partial charge in [0.05, 0.1) is 4.90 Å². The van der Waals surface area contributed by atoms with Crippen LogP contribution in [0.15, 0.2) is 70.9 Å². The zero-order valence-electron chi connectivity index (χ0n) is 16.7. The molecule has 2 amide bonds. The molecular formula is C22H21ClN2O4S2. The predicted molar refractivity (Wildman–Crippen MR) is 122 cm³/mol. The van der Waals surface area contributed by atoms with Gasteiger partial charge in [0.1, 0.15) is 5.25 Å². The second-order valence-corrected chi connectivity index (χ2v) is 10.4. The first kappa shape index (κ1) is 23.0. The Kier molecular flexibility index (Phi) is 7.48. The Bertz CT molecular complexity index is 1160. The van der Waals surface area contributed by atoms with E-state index in [1.807, 2.05) is 6.92 Å². The number of rotatable bonds is 7. The van der Waals surface area contributed by atoms with Gasteiger partial charge in [-0.05, 0) is 42.1 Å². The molecule has 6 nitrogen and oxygen atoms in total. The van der Waals surface area contributed by atoms with Crippen LogP contribution in [-0.2, 0) is 26.0 Å². The van der Waals surface area contributed by atoms with Gasteiger partial charge in [0, 0.05) is 23.0 Å². The van der Waals surface area contributed by atoms with Crippen molar-refractivity contribution in [2.45, 2.75) is 23.6 Å². The minimum absolute atomic E-state index is 0.0853. The molecule has 2 aromatic carbocycles. The van der Waals surface area contributed by atoms with E-state index >= 15 is 0 Å². The van der Waals surface area contributed by atoms with Crippen molar-refractivity contribution >= 4 is 44.6 Å². The van der Waals surface area contributed by atoms with Crippen LogP contribution in [0, 0.1) is 6.92 Å². The van der Waals surface area contributed by atoms with Crippen molar-refractivity contribution in [3.63, 3.8) is 0 Å². The molecule has 162 valence electrons. The van der Waals surface area contributed by atoms with Crippen molar-refractivity contribution in [3.8, 4) is 0 Å². The van der Waals surface area contributed by atoms with Crippen LogP contribution in [-0.4, -0.2) is 26.8 Å². The molecule has 0 radical (unpaired) electrons. The van der Waals surface area contributed by atoms with Crippen LogP contribution in [0.3, 0.4) is 0 Å². The molecule has 0 fully saturated rings. The zero-order valence-corrected chi connectivity index (χ0v) is 19.1. The molecule has 1 atom stereocenters. The Morgan fingerprint density at radius 3 is 2.29 bits per heavy atom. The Balaban J connectivity index is 1.69. The third-order valence-corrected chi connectivity index (χ3v) is 8.24. The molecule has 2 N–H and O–H groups in total. The quantitative estimate of drug-likeness (QED) is 0.509. The normalized spacial score (nSPS) is 12.2. The van der Waals surface area contributed by atoms with Crippen LogP contribution >= 0.6 is 22.9 Å². The van der Waals surface area contributed by atoms with E-state index in [0.29, 0.717) is 15.5 Å². The molecule has 0 saturated carbocycles. The van der Waals surface area contributed by atoms with E-state index in [2.05, 4.69) is 10.6 Å². The highest BCUT2D eigenvalue weighted by Gasteiger charge is 2.31. The summed E-state index contributed by atoms with van der Waals surface area (Å²) in [7, 11) is -3.78. The van der Waals surface area contributed by atoms with Crippen molar-refractivity contribution in [2.24, 2.45) is 0 Å². The lowest BCUT2D eigenvalue weighted by molar-refractivity contribution is -0.139. The Morgan fingerprint density at radius 2 is 1.65 bits per heavy atom. The Hall–Kier alpha value is -2.68. The molecule has 1 heterocycles. The number of halogens is 1. The number of aryl methyl sites for hydroxylation is 1. The summed E-state index contributed by atoms with van der Waals surface area (Å²) >= 11 is 7.33. The summed E-state index contributed by atoms with van der Waals surface area (Å²) in [6.07, 6.45) is 0. The van der Waals surface area contributed by atoms with Gasteiger partial charge in [0.25, 0.3) is 0 Å². The molecular weight excluding hydrogens is 456 g/mol. The lowest BCUT2D eigenvalue weighted by atomic mass is 10.2.